The van der Waals surface area contributed by atoms with Crippen LogP contribution in [0, 0.1) is 0 Å². The standard InChI is InChI=1S/C24H21N3O2/c1-2-29-19-11-9-17(10-12-19)15-26-24(28)21-14-23(18-6-5-13-25-16-18)27-22-8-4-3-7-20(21)22/h3-14,16H,2,15H2,1H3,(H,26,28). The third-order valence-electron chi connectivity index (χ3n) is 4.61. The van der Waals surface area contributed by atoms with Crippen molar-refractivity contribution in [3.63, 3.8) is 0 Å². The van der Waals surface area contributed by atoms with Crippen LogP contribution in [0.2, 0.25) is 0 Å². The fourth-order valence-corrected chi connectivity index (χ4v) is 3.17. The maximum absolute atomic E-state index is 13.0. The fourth-order valence-electron chi connectivity index (χ4n) is 3.17. The molecule has 1 amide bonds. The van der Waals surface area contributed by atoms with Gasteiger partial charge < -0.3 is 10.1 Å². The second-order valence-electron chi connectivity index (χ2n) is 6.57. The van der Waals surface area contributed by atoms with Crippen LogP contribution >= 0.6 is 0 Å². The van der Waals surface area contributed by atoms with E-state index < -0.39 is 0 Å². The predicted octanol–water partition coefficient (Wildman–Crippen LogP) is 4.63. The van der Waals surface area contributed by atoms with Gasteiger partial charge in [-0.25, -0.2) is 4.98 Å². The zero-order valence-corrected chi connectivity index (χ0v) is 16.1. The zero-order chi connectivity index (χ0) is 20.1. The lowest BCUT2D eigenvalue weighted by Gasteiger charge is -2.11. The molecule has 29 heavy (non-hydrogen) atoms. The molecule has 0 saturated heterocycles. The Bertz CT molecular complexity index is 1130. The first kappa shape index (κ1) is 18.6. The number of carbonyl (C=O) groups excluding carboxylic acids is 1. The Hall–Kier alpha value is -3.73. The van der Waals surface area contributed by atoms with Crippen LogP contribution in [-0.2, 0) is 6.54 Å². The summed E-state index contributed by atoms with van der Waals surface area (Å²) in [6.07, 6.45) is 3.47. The van der Waals surface area contributed by atoms with Gasteiger partial charge >= 0.3 is 0 Å². The van der Waals surface area contributed by atoms with Crippen molar-refractivity contribution >= 4 is 16.8 Å². The molecule has 4 aromatic rings. The Labute approximate surface area is 169 Å². The lowest BCUT2D eigenvalue weighted by Crippen LogP contribution is -2.23. The van der Waals surface area contributed by atoms with E-state index in [0.29, 0.717) is 18.7 Å². The molecule has 0 unspecified atom stereocenters. The van der Waals surface area contributed by atoms with E-state index in [1.54, 1.807) is 12.4 Å². The van der Waals surface area contributed by atoms with Crippen LogP contribution in [-0.4, -0.2) is 22.5 Å². The van der Waals surface area contributed by atoms with Crippen molar-refractivity contribution in [2.45, 2.75) is 13.5 Å². The molecule has 0 bridgehead atoms. The van der Waals surface area contributed by atoms with Crippen molar-refractivity contribution < 1.29 is 9.53 Å². The first-order chi connectivity index (χ1) is 14.2. The highest BCUT2D eigenvalue weighted by atomic mass is 16.5. The van der Waals surface area contributed by atoms with Crippen molar-refractivity contribution in [1.82, 2.24) is 15.3 Å². The minimum absolute atomic E-state index is 0.136. The maximum Gasteiger partial charge on any atom is 0.252 e. The average molecular weight is 383 g/mol. The Morgan fingerprint density at radius 2 is 1.86 bits per heavy atom. The normalized spacial score (nSPS) is 10.7. The van der Waals surface area contributed by atoms with Gasteiger partial charge in [0.2, 0.25) is 0 Å². The molecule has 2 aromatic heterocycles. The average Bonchev–Trinajstić information content (AvgIpc) is 2.78. The SMILES string of the molecule is CCOc1ccc(CNC(=O)c2cc(-c3cccnc3)nc3ccccc23)cc1. The number of aromatic nitrogens is 2. The topological polar surface area (TPSA) is 64.1 Å². The summed E-state index contributed by atoms with van der Waals surface area (Å²) >= 11 is 0. The summed E-state index contributed by atoms with van der Waals surface area (Å²) in [5, 5.41) is 3.84. The van der Waals surface area contributed by atoms with Gasteiger partial charge in [0, 0.05) is 29.9 Å². The molecular weight excluding hydrogens is 362 g/mol. The third kappa shape index (κ3) is 4.24. The first-order valence-electron chi connectivity index (χ1n) is 9.54. The Morgan fingerprint density at radius 3 is 2.62 bits per heavy atom. The van der Waals surface area contributed by atoms with Crippen molar-refractivity contribution in [3.8, 4) is 17.0 Å². The van der Waals surface area contributed by atoms with Gasteiger partial charge in [-0.2, -0.15) is 0 Å². The van der Waals surface area contributed by atoms with E-state index in [0.717, 1.165) is 33.5 Å². The molecule has 1 N–H and O–H groups in total. The van der Waals surface area contributed by atoms with Crippen molar-refractivity contribution in [1.29, 1.82) is 0 Å². The number of benzene rings is 2. The lowest BCUT2D eigenvalue weighted by molar-refractivity contribution is 0.0952. The summed E-state index contributed by atoms with van der Waals surface area (Å²) in [4.78, 5) is 21.9. The molecule has 2 aromatic carbocycles. The molecular formula is C24H21N3O2. The smallest absolute Gasteiger partial charge is 0.252 e. The Kier molecular flexibility index (Phi) is 5.47. The van der Waals surface area contributed by atoms with Gasteiger partial charge in [0.15, 0.2) is 0 Å². The van der Waals surface area contributed by atoms with Crippen LogP contribution in [0.4, 0.5) is 0 Å². The number of amides is 1. The molecule has 2 heterocycles. The zero-order valence-electron chi connectivity index (χ0n) is 16.1. The molecule has 0 aliphatic rings. The number of nitrogens with zero attached hydrogens (tertiary/aromatic N) is 2. The van der Waals surface area contributed by atoms with Crippen molar-refractivity contribution in [2.75, 3.05) is 6.61 Å². The van der Waals surface area contributed by atoms with Gasteiger partial charge in [-0.15, -0.1) is 0 Å². The van der Waals surface area contributed by atoms with Crippen LogP contribution in [0.3, 0.4) is 0 Å². The summed E-state index contributed by atoms with van der Waals surface area (Å²) < 4.78 is 5.46. The molecule has 0 saturated carbocycles. The molecule has 5 nitrogen and oxygen atoms in total. The van der Waals surface area contributed by atoms with Crippen molar-refractivity contribution in [2.24, 2.45) is 0 Å². The quantitative estimate of drug-likeness (QED) is 0.527. The molecule has 5 heteroatoms. The van der Waals surface area contributed by atoms with Gasteiger partial charge in [-0.05, 0) is 48.9 Å². The summed E-state index contributed by atoms with van der Waals surface area (Å²) in [6, 6.07) is 21.0. The van der Waals surface area contributed by atoms with Crippen LogP contribution in [0.5, 0.6) is 5.75 Å². The monoisotopic (exact) mass is 383 g/mol. The molecule has 0 spiro atoms. The molecule has 0 fully saturated rings. The summed E-state index contributed by atoms with van der Waals surface area (Å²) in [5.74, 6) is 0.687. The number of ether oxygens (including phenoxy) is 1. The number of para-hydroxylation sites is 1. The molecule has 0 radical (unpaired) electrons. The van der Waals surface area contributed by atoms with E-state index in [-0.39, 0.29) is 5.91 Å². The Morgan fingerprint density at radius 1 is 1.03 bits per heavy atom. The van der Waals surface area contributed by atoms with Gasteiger partial charge in [-0.3, -0.25) is 9.78 Å². The van der Waals surface area contributed by atoms with Crippen molar-refractivity contribution in [3.05, 3.63) is 90.3 Å². The highest BCUT2D eigenvalue weighted by molar-refractivity contribution is 6.07. The number of fused-ring (bicyclic) bond motifs is 1. The molecule has 4 rings (SSSR count). The highest BCUT2D eigenvalue weighted by Crippen LogP contribution is 2.24. The van der Waals surface area contributed by atoms with E-state index in [1.165, 1.54) is 0 Å². The predicted molar refractivity (Wildman–Crippen MR) is 114 cm³/mol. The largest absolute Gasteiger partial charge is 0.494 e. The first-order valence-corrected chi connectivity index (χ1v) is 9.54. The second-order valence-corrected chi connectivity index (χ2v) is 6.57. The number of rotatable bonds is 6. The van der Waals surface area contributed by atoms with E-state index in [1.807, 2.05) is 73.7 Å². The second kappa shape index (κ2) is 8.52. The van der Waals surface area contributed by atoms with E-state index in [9.17, 15) is 4.79 Å². The summed E-state index contributed by atoms with van der Waals surface area (Å²) in [6.45, 7) is 3.02. The van der Waals surface area contributed by atoms with Gasteiger partial charge in [0.25, 0.3) is 5.91 Å². The maximum atomic E-state index is 13.0. The van der Waals surface area contributed by atoms with Crippen LogP contribution in [0.1, 0.15) is 22.8 Å². The summed E-state index contributed by atoms with van der Waals surface area (Å²) in [7, 11) is 0. The molecule has 144 valence electrons. The molecule has 0 aliphatic carbocycles. The number of nitrogens with one attached hydrogen (secondary N) is 1. The lowest BCUT2D eigenvalue weighted by atomic mass is 10.0. The molecule has 0 atom stereocenters. The van der Waals surface area contributed by atoms with E-state index >= 15 is 0 Å². The minimum atomic E-state index is -0.136. The number of carbonyl (C=O) groups is 1. The van der Waals surface area contributed by atoms with Gasteiger partial charge in [-0.1, -0.05) is 30.3 Å². The number of hydrogen-bond donors (Lipinski definition) is 1. The fraction of sp³-hybridized carbons (Fsp3) is 0.125. The van der Waals surface area contributed by atoms with Crippen LogP contribution in [0.15, 0.2) is 79.1 Å². The van der Waals surface area contributed by atoms with Gasteiger partial charge in [0.05, 0.1) is 23.4 Å². The molecule has 0 aliphatic heterocycles. The summed E-state index contributed by atoms with van der Waals surface area (Å²) in [5.41, 5.74) is 3.98. The van der Waals surface area contributed by atoms with Crippen LogP contribution in [0.25, 0.3) is 22.2 Å². The number of pyridine rings is 2. The third-order valence-corrected chi connectivity index (χ3v) is 4.61. The number of hydrogen-bond acceptors (Lipinski definition) is 4. The Balaban J connectivity index is 1.61. The minimum Gasteiger partial charge on any atom is -0.494 e. The van der Waals surface area contributed by atoms with Crippen LogP contribution < -0.4 is 10.1 Å². The van der Waals surface area contributed by atoms with E-state index in [2.05, 4.69) is 10.3 Å². The van der Waals surface area contributed by atoms with E-state index in [4.69, 9.17) is 9.72 Å². The highest BCUT2D eigenvalue weighted by Gasteiger charge is 2.14. The van der Waals surface area contributed by atoms with Gasteiger partial charge in [0.1, 0.15) is 5.75 Å².